The molecule has 0 saturated carbocycles. The summed E-state index contributed by atoms with van der Waals surface area (Å²) in [5.41, 5.74) is 0.714. The van der Waals surface area contributed by atoms with Gasteiger partial charge in [0.1, 0.15) is 5.75 Å². The Balaban J connectivity index is 2.65. The van der Waals surface area contributed by atoms with Crippen molar-refractivity contribution < 1.29 is 18.9 Å². The zero-order chi connectivity index (χ0) is 16.0. The molecule has 0 aromatic heterocycles. The number of benzene rings is 1. The minimum Gasteiger partial charge on any atom is -0.478 e. The first-order valence-corrected chi connectivity index (χ1v) is 8.12. The van der Waals surface area contributed by atoms with E-state index >= 15 is 0 Å². The standard InChI is InChI=1S/C15H21NO4S/c1-10(2)6-7-16-14(17)9-21(20)12-5-4-11(3)13(8-12)15(18)19/h4-5,8,10H,6-7,9H2,1-3H3,(H,16,17)(H,18,19). The van der Waals surface area contributed by atoms with Crippen LogP contribution < -0.4 is 5.32 Å². The van der Waals surface area contributed by atoms with Crippen molar-refractivity contribution in [3.8, 4) is 0 Å². The summed E-state index contributed by atoms with van der Waals surface area (Å²) in [5, 5.41) is 11.8. The second kappa shape index (κ2) is 7.93. The third-order valence-electron chi connectivity index (χ3n) is 3.01. The molecule has 0 radical (unpaired) electrons. The SMILES string of the molecule is Cc1ccc(S(=O)CC(=O)NCCC(C)C)cc1C(=O)O. The monoisotopic (exact) mass is 311 g/mol. The Morgan fingerprint density at radius 3 is 2.57 bits per heavy atom. The number of carboxylic acid groups (broad SMARTS) is 1. The van der Waals surface area contributed by atoms with Crippen LogP contribution in [0.25, 0.3) is 0 Å². The van der Waals surface area contributed by atoms with Gasteiger partial charge >= 0.3 is 5.97 Å². The number of aromatic carboxylic acids is 1. The number of carbonyl (C=O) groups is 2. The van der Waals surface area contributed by atoms with Gasteiger partial charge in [0.2, 0.25) is 5.91 Å². The molecule has 5 nitrogen and oxygen atoms in total. The summed E-state index contributed by atoms with van der Waals surface area (Å²) in [7, 11) is -1.54. The molecule has 2 N–H and O–H groups in total. The number of nitrogens with one attached hydrogen (secondary N) is 1. The molecule has 6 heteroatoms. The van der Waals surface area contributed by atoms with Crippen LogP contribution in [0.3, 0.4) is 0 Å². The topological polar surface area (TPSA) is 83.5 Å². The minimum atomic E-state index is -1.54. The van der Waals surface area contributed by atoms with Crippen LogP contribution in [0, 0.1) is 12.8 Å². The predicted octanol–water partition coefficient (Wildman–Crippen LogP) is 1.96. The van der Waals surface area contributed by atoms with Crippen LogP contribution in [0.4, 0.5) is 0 Å². The molecule has 0 aliphatic rings. The fraction of sp³-hybridized carbons (Fsp3) is 0.467. The van der Waals surface area contributed by atoms with E-state index in [9.17, 15) is 13.8 Å². The van der Waals surface area contributed by atoms with Gasteiger partial charge in [0.05, 0.1) is 16.4 Å². The Bertz CT molecular complexity index is 555. The summed E-state index contributed by atoms with van der Waals surface area (Å²) in [4.78, 5) is 23.1. The second-order valence-electron chi connectivity index (χ2n) is 5.30. The average Bonchev–Trinajstić information content (AvgIpc) is 2.38. The average molecular weight is 311 g/mol. The first kappa shape index (κ1) is 17.4. The van der Waals surface area contributed by atoms with Crippen LogP contribution in [0.1, 0.15) is 36.2 Å². The zero-order valence-electron chi connectivity index (χ0n) is 12.5. The quantitative estimate of drug-likeness (QED) is 0.806. The summed E-state index contributed by atoms with van der Waals surface area (Å²) < 4.78 is 12.1. The largest absolute Gasteiger partial charge is 0.478 e. The normalized spacial score (nSPS) is 12.2. The van der Waals surface area contributed by atoms with E-state index in [0.29, 0.717) is 22.9 Å². The van der Waals surface area contributed by atoms with Gasteiger partial charge in [0.25, 0.3) is 0 Å². The van der Waals surface area contributed by atoms with Crippen LogP contribution in [-0.2, 0) is 15.6 Å². The summed E-state index contributed by atoms with van der Waals surface area (Å²) in [6, 6.07) is 4.57. The van der Waals surface area contributed by atoms with Crippen LogP contribution in [-0.4, -0.2) is 33.5 Å². The van der Waals surface area contributed by atoms with E-state index < -0.39 is 16.8 Å². The maximum atomic E-state index is 12.1. The van der Waals surface area contributed by atoms with Gasteiger partial charge < -0.3 is 10.4 Å². The van der Waals surface area contributed by atoms with Gasteiger partial charge in [-0.2, -0.15) is 0 Å². The zero-order valence-corrected chi connectivity index (χ0v) is 13.3. The molecule has 0 aliphatic carbocycles. The molecule has 1 aromatic rings. The first-order chi connectivity index (χ1) is 9.81. The first-order valence-electron chi connectivity index (χ1n) is 6.80. The van der Waals surface area contributed by atoms with Gasteiger partial charge in [-0.05, 0) is 37.0 Å². The lowest BCUT2D eigenvalue weighted by Crippen LogP contribution is -2.29. The Kier molecular flexibility index (Phi) is 6.55. The third-order valence-corrected chi connectivity index (χ3v) is 4.31. The molecular weight excluding hydrogens is 290 g/mol. The van der Waals surface area contributed by atoms with Gasteiger partial charge in [-0.1, -0.05) is 19.9 Å². The van der Waals surface area contributed by atoms with Gasteiger partial charge in [0.15, 0.2) is 0 Å². The van der Waals surface area contributed by atoms with E-state index in [1.807, 2.05) is 0 Å². The number of carbonyl (C=O) groups excluding carboxylic acids is 1. The lowest BCUT2D eigenvalue weighted by atomic mass is 10.1. The highest BCUT2D eigenvalue weighted by atomic mass is 32.2. The number of hydrogen-bond donors (Lipinski definition) is 2. The lowest BCUT2D eigenvalue weighted by molar-refractivity contribution is -0.118. The molecule has 1 rings (SSSR count). The van der Waals surface area contributed by atoms with Crippen molar-refractivity contribution in [2.45, 2.75) is 32.1 Å². The van der Waals surface area contributed by atoms with Crippen molar-refractivity contribution in [1.29, 1.82) is 0 Å². The van der Waals surface area contributed by atoms with Crippen LogP contribution >= 0.6 is 0 Å². The summed E-state index contributed by atoms with van der Waals surface area (Å²) >= 11 is 0. The second-order valence-corrected chi connectivity index (χ2v) is 6.76. The fourth-order valence-electron chi connectivity index (χ4n) is 1.73. The van der Waals surface area contributed by atoms with Gasteiger partial charge in [-0.3, -0.25) is 9.00 Å². The van der Waals surface area contributed by atoms with E-state index in [-0.39, 0.29) is 17.2 Å². The Morgan fingerprint density at radius 2 is 2.00 bits per heavy atom. The van der Waals surface area contributed by atoms with Gasteiger partial charge in [-0.15, -0.1) is 0 Å². The molecule has 0 saturated heterocycles. The van der Waals surface area contributed by atoms with E-state index in [0.717, 1.165) is 6.42 Å². The number of amides is 1. The van der Waals surface area contributed by atoms with E-state index in [1.54, 1.807) is 19.1 Å². The molecular formula is C15H21NO4S. The molecule has 0 spiro atoms. The molecule has 1 aromatic carbocycles. The smallest absolute Gasteiger partial charge is 0.335 e. The Hall–Kier alpha value is -1.69. The van der Waals surface area contributed by atoms with Gasteiger partial charge in [-0.25, -0.2) is 4.79 Å². The minimum absolute atomic E-state index is 0.112. The highest BCUT2D eigenvalue weighted by molar-refractivity contribution is 7.85. The van der Waals surface area contributed by atoms with Gasteiger partial charge in [0, 0.05) is 11.4 Å². The number of aryl methyl sites for hydroxylation is 1. The molecule has 0 bridgehead atoms. The fourth-order valence-corrected chi connectivity index (χ4v) is 2.70. The summed E-state index contributed by atoms with van der Waals surface area (Å²) in [5.74, 6) is -1.01. The molecule has 0 aliphatic heterocycles. The summed E-state index contributed by atoms with van der Waals surface area (Å²) in [6.07, 6.45) is 0.867. The maximum absolute atomic E-state index is 12.1. The maximum Gasteiger partial charge on any atom is 0.335 e. The van der Waals surface area contributed by atoms with Crippen LogP contribution in [0.5, 0.6) is 0 Å². The van der Waals surface area contributed by atoms with E-state index in [2.05, 4.69) is 19.2 Å². The van der Waals surface area contributed by atoms with Crippen molar-refractivity contribution in [3.05, 3.63) is 29.3 Å². The van der Waals surface area contributed by atoms with Crippen molar-refractivity contribution >= 4 is 22.7 Å². The highest BCUT2D eigenvalue weighted by Crippen LogP contribution is 2.14. The van der Waals surface area contributed by atoms with Crippen molar-refractivity contribution in [2.24, 2.45) is 5.92 Å². The number of rotatable bonds is 7. The number of carboxylic acids is 1. The van der Waals surface area contributed by atoms with E-state index in [1.165, 1.54) is 6.07 Å². The number of hydrogen-bond acceptors (Lipinski definition) is 3. The molecule has 0 heterocycles. The van der Waals surface area contributed by atoms with Crippen molar-refractivity contribution in [2.75, 3.05) is 12.3 Å². The van der Waals surface area contributed by atoms with E-state index in [4.69, 9.17) is 5.11 Å². The van der Waals surface area contributed by atoms with Crippen LogP contribution in [0.15, 0.2) is 23.1 Å². The Morgan fingerprint density at radius 1 is 1.33 bits per heavy atom. The molecule has 0 fully saturated rings. The predicted molar refractivity (Wildman–Crippen MR) is 81.9 cm³/mol. The molecule has 1 unspecified atom stereocenters. The molecule has 1 atom stereocenters. The Labute approximate surface area is 127 Å². The molecule has 1 amide bonds. The summed E-state index contributed by atoms with van der Waals surface area (Å²) in [6.45, 7) is 6.35. The molecule has 116 valence electrons. The lowest BCUT2D eigenvalue weighted by Gasteiger charge is -2.08. The highest BCUT2D eigenvalue weighted by Gasteiger charge is 2.14. The van der Waals surface area contributed by atoms with Crippen molar-refractivity contribution in [1.82, 2.24) is 5.32 Å². The third kappa shape index (κ3) is 5.67. The van der Waals surface area contributed by atoms with Crippen LogP contribution in [0.2, 0.25) is 0 Å². The van der Waals surface area contributed by atoms with Crippen molar-refractivity contribution in [3.63, 3.8) is 0 Å². The molecule has 21 heavy (non-hydrogen) atoms.